The van der Waals surface area contributed by atoms with Crippen molar-refractivity contribution in [3.63, 3.8) is 0 Å². The summed E-state index contributed by atoms with van der Waals surface area (Å²) in [6.45, 7) is -0.278. The van der Waals surface area contributed by atoms with Gasteiger partial charge in [0.25, 0.3) is 0 Å². The summed E-state index contributed by atoms with van der Waals surface area (Å²) in [6, 6.07) is 8.95. The summed E-state index contributed by atoms with van der Waals surface area (Å²) in [5, 5.41) is 16.8. The molecule has 0 aliphatic heterocycles. The van der Waals surface area contributed by atoms with Crippen molar-refractivity contribution in [1.29, 1.82) is 0 Å². The van der Waals surface area contributed by atoms with Gasteiger partial charge in [-0.15, -0.1) is 0 Å². The number of carboxylic acid groups (broad SMARTS) is 1. The summed E-state index contributed by atoms with van der Waals surface area (Å²) < 4.78 is 0. The van der Waals surface area contributed by atoms with E-state index in [4.69, 9.17) is 5.11 Å². The van der Waals surface area contributed by atoms with Gasteiger partial charge in [-0.2, -0.15) is 12.6 Å². The molecule has 0 aliphatic rings. The van der Waals surface area contributed by atoms with Gasteiger partial charge in [-0.25, -0.2) is 0 Å². The summed E-state index contributed by atoms with van der Waals surface area (Å²) in [5.41, 5.74) is 5.21. The smallest absolute Gasteiger partial charge is 0.317 e. The Morgan fingerprint density at radius 2 is 1.78 bits per heavy atom. The number of aliphatic hydroxyl groups is 1. The Balaban J connectivity index is 0.000000494. The van der Waals surface area contributed by atoms with Crippen LogP contribution >= 0.6 is 12.6 Å². The van der Waals surface area contributed by atoms with Crippen molar-refractivity contribution in [3.05, 3.63) is 35.9 Å². The molecule has 1 unspecified atom stereocenters. The molecule has 0 fully saturated rings. The number of hydrogen-bond acceptors (Lipinski definition) is 5. The van der Waals surface area contributed by atoms with Crippen LogP contribution in [-0.4, -0.2) is 40.4 Å². The molecule has 6 heteroatoms. The van der Waals surface area contributed by atoms with E-state index < -0.39 is 12.1 Å². The van der Waals surface area contributed by atoms with Crippen LogP contribution in [-0.2, 0) is 4.79 Å². The fourth-order valence-electron chi connectivity index (χ4n) is 1.02. The molecule has 0 bridgehead atoms. The lowest BCUT2D eigenvalue weighted by atomic mass is 10.1. The van der Waals surface area contributed by atoms with Gasteiger partial charge in [0.1, 0.15) is 0 Å². The minimum Gasteiger partial charge on any atom is -0.480 e. The number of carbonyl (C=O) groups excluding carboxylic acids is 1. The van der Waals surface area contributed by atoms with Crippen LogP contribution in [0.3, 0.4) is 0 Å². The van der Waals surface area contributed by atoms with Crippen molar-refractivity contribution >= 4 is 24.4 Å². The number of rotatable bonds is 5. The summed E-state index contributed by atoms with van der Waals surface area (Å²) in [6.07, 6.45) is -0.496. The van der Waals surface area contributed by atoms with Crippen molar-refractivity contribution < 1.29 is 19.8 Å². The van der Waals surface area contributed by atoms with Crippen LogP contribution in [0.25, 0.3) is 0 Å². The summed E-state index contributed by atoms with van der Waals surface area (Å²) in [7, 11) is 0. The highest BCUT2D eigenvalue weighted by Gasteiger charge is 2.10. The SMILES string of the molecule is NCC(=O)O.O=C(CC(O)CS)c1ccccc1. The highest BCUT2D eigenvalue weighted by molar-refractivity contribution is 7.80. The molecule has 100 valence electrons. The first-order valence-electron chi connectivity index (χ1n) is 5.30. The van der Waals surface area contributed by atoms with E-state index in [2.05, 4.69) is 18.4 Å². The number of nitrogens with two attached hydrogens (primary N) is 1. The van der Waals surface area contributed by atoms with Gasteiger partial charge < -0.3 is 15.9 Å². The average Bonchev–Trinajstić information content (AvgIpc) is 2.40. The van der Waals surface area contributed by atoms with Crippen molar-refractivity contribution in [3.8, 4) is 0 Å². The average molecular weight is 271 g/mol. The number of aliphatic carboxylic acids is 1. The van der Waals surface area contributed by atoms with Gasteiger partial charge in [-0.1, -0.05) is 30.3 Å². The van der Waals surface area contributed by atoms with Crippen LogP contribution in [0.5, 0.6) is 0 Å². The Hall–Kier alpha value is -1.37. The van der Waals surface area contributed by atoms with E-state index in [-0.39, 0.29) is 18.7 Å². The van der Waals surface area contributed by atoms with Gasteiger partial charge in [-0.05, 0) is 0 Å². The maximum absolute atomic E-state index is 11.4. The predicted molar refractivity (Wildman–Crippen MR) is 71.9 cm³/mol. The Labute approximate surface area is 111 Å². The van der Waals surface area contributed by atoms with Gasteiger partial charge in [0.15, 0.2) is 5.78 Å². The van der Waals surface area contributed by atoms with Crippen molar-refractivity contribution in [1.82, 2.24) is 0 Å². The number of thiol groups is 1. The maximum Gasteiger partial charge on any atom is 0.317 e. The Morgan fingerprint density at radius 1 is 1.28 bits per heavy atom. The lowest BCUT2D eigenvalue weighted by molar-refractivity contribution is -0.135. The third-order valence-corrected chi connectivity index (χ3v) is 2.32. The van der Waals surface area contributed by atoms with Crippen molar-refractivity contribution in [2.45, 2.75) is 12.5 Å². The quantitative estimate of drug-likeness (QED) is 0.463. The van der Waals surface area contributed by atoms with E-state index in [0.29, 0.717) is 11.3 Å². The number of Topliss-reactive ketones (excluding diaryl/α,β-unsaturated/α-hetero) is 1. The van der Waals surface area contributed by atoms with Gasteiger partial charge in [0, 0.05) is 17.7 Å². The molecule has 0 saturated heterocycles. The fourth-order valence-corrected chi connectivity index (χ4v) is 1.15. The van der Waals surface area contributed by atoms with Gasteiger partial charge in [-0.3, -0.25) is 9.59 Å². The topological polar surface area (TPSA) is 101 Å². The van der Waals surface area contributed by atoms with E-state index in [1.54, 1.807) is 24.3 Å². The van der Waals surface area contributed by atoms with Crippen LogP contribution in [0.1, 0.15) is 16.8 Å². The minimum atomic E-state index is -0.968. The molecule has 1 atom stereocenters. The van der Waals surface area contributed by atoms with Gasteiger partial charge in [0.2, 0.25) is 0 Å². The van der Waals surface area contributed by atoms with E-state index in [1.165, 1.54) is 0 Å². The highest BCUT2D eigenvalue weighted by Crippen LogP contribution is 2.05. The van der Waals surface area contributed by atoms with Crippen LogP contribution in [0, 0.1) is 0 Å². The molecule has 1 aromatic carbocycles. The number of hydrogen-bond donors (Lipinski definition) is 4. The molecule has 0 heterocycles. The summed E-state index contributed by atoms with van der Waals surface area (Å²) >= 11 is 3.90. The van der Waals surface area contributed by atoms with E-state index in [9.17, 15) is 14.7 Å². The first kappa shape index (κ1) is 16.6. The standard InChI is InChI=1S/C10H12O2S.C2H5NO2/c11-9(7-13)6-10(12)8-4-2-1-3-5-8;3-1-2(4)5/h1-5,9,11,13H,6-7H2;1,3H2,(H,4,5). The molecule has 0 amide bonds. The second-order valence-corrected chi connectivity index (χ2v) is 3.79. The second kappa shape index (κ2) is 9.64. The fraction of sp³-hybridized carbons (Fsp3) is 0.333. The monoisotopic (exact) mass is 271 g/mol. The molecule has 0 aromatic heterocycles. The van der Waals surface area contributed by atoms with Crippen molar-refractivity contribution in [2.75, 3.05) is 12.3 Å². The van der Waals surface area contributed by atoms with E-state index in [1.807, 2.05) is 6.07 Å². The zero-order valence-corrected chi connectivity index (χ0v) is 10.7. The molecule has 1 aromatic rings. The molecule has 1 rings (SSSR count). The van der Waals surface area contributed by atoms with Crippen molar-refractivity contribution in [2.24, 2.45) is 5.73 Å². The normalized spacial score (nSPS) is 11.1. The first-order valence-corrected chi connectivity index (χ1v) is 5.93. The lowest BCUT2D eigenvalue weighted by Gasteiger charge is -2.05. The van der Waals surface area contributed by atoms with Gasteiger partial charge in [0.05, 0.1) is 12.6 Å². The van der Waals surface area contributed by atoms with Crippen LogP contribution < -0.4 is 5.73 Å². The summed E-state index contributed by atoms with van der Waals surface area (Å²) in [4.78, 5) is 20.7. The van der Waals surface area contributed by atoms with Crippen LogP contribution in [0.2, 0.25) is 0 Å². The molecule has 0 spiro atoms. The number of ketones is 1. The van der Waals surface area contributed by atoms with Crippen LogP contribution in [0.15, 0.2) is 30.3 Å². The Bertz CT molecular complexity index is 370. The second-order valence-electron chi connectivity index (χ2n) is 3.43. The molecule has 5 nitrogen and oxygen atoms in total. The third-order valence-electron chi connectivity index (χ3n) is 1.90. The predicted octanol–water partition coefficient (Wildman–Crippen LogP) is 0.580. The molecular formula is C12H17NO4S. The number of carboxylic acids is 1. The largest absolute Gasteiger partial charge is 0.480 e. The van der Waals surface area contributed by atoms with Crippen LogP contribution in [0.4, 0.5) is 0 Å². The molecule has 0 saturated carbocycles. The highest BCUT2D eigenvalue weighted by atomic mass is 32.1. The Kier molecular flexibility index (Phi) is 8.91. The van der Waals surface area contributed by atoms with Gasteiger partial charge >= 0.3 is 5.97 Å². The molecule has 0 aliphatic carbocycles. The molecule has 0 radical (unpaired) electrons. The molecule has 18 heavy (non-hydrogen) atoms. The number of benzene rings is 1. The zero-order valence-electron chi connectivity index (χ0n) is 9.82. The Morgan fingerprint density at radius 3 is 2.17 bits per heavy atom. The number of carbonyl (C=O) groups is 2. The van der Waals surface area contributed by atoms with E-state index in [0.717, 1.165) is 0 Å². The molecule has 4 N–H and O–H groups in total. The van der Waals surface area contributed by atoms with E-state index >= 15 is 0 Å². The maximum atomic E-state index is 11.4. The lowest BCUT2D eigenvalue weighted by Crippen LogP contribution is -2.14. The minimum absolute atomic E-state index is 0.0397. The number of aliphatic hydroxyl groups excluding tert-OH is 1. The first-order chi connectivity index (χ1) is 8.51. The summed E-state index contributed by atoms with van der Waals surface area (Å²) in [5.74, 6) is -0.689. The molecular weight excluding hydrogens is 254 g/mol. The third kappa shape index (κ3) is 7.83. The zero-order chi connectivity index (χ0) is 14.0.